The Morgan fingerprint density at radius 3 is 2.89 bits per heavy atom. The number of nitrogens with zero attached hydrogens (tertiary/aromatic N) is 2. The van der Waals surface area contributed by atoms with Gasteiger partial charge in [-0.25, -0.2) is 0 Å². The van der Waals surface area contributed by atoms with Gasteiger partial charge in [-0.3, -0.25) is 9.48 Å². The minimum atomic E-state index is -0.0326. The van der Waals surface area contributed by atoms with E-state index in [2.05, 4.69) is 15.7 Å². The van der Waals surface area contributed by atoms with Crippen LogP contribution in [0.3, 0.4) is 0 Å². The minimum absolute atomic E-state index is 0.0326. The van der Waals surface area contributed by atoms with Gasteiger partial charge in [-0.2, -0.15) is 5.10 Å². The first-order valence-electron chi connectivity index (χ1n) is 6.29. The van der Waals surface area contributed by atoms with Crippen molar-refractivity contribution in [2.24, 2.45) is 0 Å². The fourth-order valence-electron chi connectivity index (χ4n) is 1.74. The van der Waals surface area contributed by atoms with E-state index in [9.17, 15) is 4.79 Å². The molecule has 0 fully saturated rings. The lowest BCUT2D eigenvalue weighted by Gasteiger charge is -2.09. The zero-order valence-electron chi connectivity index (χ0n) is 11.0. The quantitative estimate of drug-likeness (QED) is 0.770. The number of rotatable bonds is 6. The van der Waals surface area contributed by atoms with Crippen molar-refractivity contribution < 1.29 is 4.79 Å². The molecule has 5 nitrogen and oxygen atoms in total. The number of aryl methyl sites for hydroxylation is 1. The SMILES string of the molecule is Cc1ccccc1NC(=O)CNCCn1cccn1. The van der Waals surface area contributed by atoms with Crippen molar-refractivity contribution in [1.82, 2.24) is 15.1 Å². The van der Waals surface area contributed by atoms with Crippen LogP contribution in [0, 0.1) is 6.92 Å². The number of hydrogen-bond donors (Lipinski definition) is 2. The Kier molecular flexibility index (Phi) is 4.69. The maximum atomic E-state index is 11.7. The molecular weight excluding hydrogens is 240 g/mol. The first-order chi connectivity index (χ1) is 9.25. The van der Waals surface area contributed by atoms with Crippen molar-refractivity contribution >= 4 is 11.6 Å². The second-order valence-corrected chi connectivity index (χ2v) is 4.31. The molecule has 100 valence electrons. The molecule has 0 saturated carbocycles. The number of carbonyl (C=O) groups is 1. The molecule has 0 spiro atoms. The van der Waals surface area contributed by atoms with E-state index in [1.165, 1.54) is 0 Å². The lowest BCUT2D eigenvalue weighted by molar-refractivity contribution is -0.115. The molecule has 5 heteroatoms. The molecular formula is C14H18N4O. The summed E-state index contributed by atoms with van der Waals surface area (Å²) >= 11 is 0. The van der Waals surface area contributed by atoms with Gasteiger partial charge < -0.3 is 10.6 Å². The van der Waals surface area contributed by atoms with Crippen LogP contribution >= 0.6 is 0 Å². The van der Waals surface area contributed by atoms with Crippen molar-refractivity contribution in [1.29, 1.82) is 0 Å². The second kappa shape index (κ2) is 6.70. The molecule has 0 aliphatic rings. The second-order valence-electron chi connectivity index (χ2n) is 4.31. The first-order valence-corrected chi connectivity index (χ1v) is 6.29. The van der Waals surface area contributed by atoms with Gasteiger partial charge in [0.15, 0.2) is 0 Å². The number of para-hydroxylation sites is 1. The Hall–Kier alpha value is -2.14. The number of carbonyl (C=O) groups excluding carboxylic acids is 1. The monoisotopic (exact) mass is 258 g/mol. The van der Waals surface area contributed by atoms with E-state index in [1.807, 2.05) is 48.1 Å². The number of nitrogens with one attached hydrogen (secondary N) is 2. The standard InChI is InChI=1S/C14H18N4O/c1-12-5-2-3-6-13(12)17-14(19)11-15-8-10-18-9-4-7-16-18/h2-7,9,15H,8,10-11H2,1H3,(H,17,19). The Labute approximate surface area is 112 Å². The van der Waals surface area contributed by atoms with Crippen molar-refractivity contribution in [3.8, 4) is 0 Å². The number of anilines is 1. The summed E-state index contributed by atoms with van der Waals surface area (Å²) in [5.41, 5.74) is 1.92. The van der Waals surface area contributed by atoms with E-state index < -0.39 is 0 Å². The summed E-state index contributed by atoms with van der Waals surface area (Å²) in [6.07, 6.45) is 3.64. The average molecular weight is 258 g/mol. The highest BCUT2D eigenvalue weighted by atomic mass is 16.1. The van der Waals surface area contributed by atoms with Gasteiger partial charge in [-0.1, -0.05) is 18.2 Å². The highest BCUT2D eigenvalue weighted by molar-refractivity contribution is 5.92. The topological polar surface area (TPSA) is 59.0 Å². The van der Waals surface area contributed by atoms with Gasteiger partial charge in [0.1, 0.15) is 0 Å². The largest absolute Gasteiger partial charge is 0.325 e. The first kappa shape index (κ1) is 13.3. The summed E-state index contributed by atoms with van der Waals surface area (Å²) in [7, 11) is 0. The number of amides is 1. The highest BCUT2D eigenvalue weighted by Crippen LogP contribution is 2.12. The minimum Gasteiger partial charge on any atom is -0.325 e. The smallest absolute Gasteiger partial charge is 0.238 e. The molecule has 0 bridgehead atoms. The van der Waals surface area contributed by atoms with Crippen molar-refractivity contribution in [3.63, 3.8) is 0 Å². The van der Waals surface area contributed by atoms with Gasteiger partial charge in [0, 0.05) is 24.6 Å². The van der Waals surface area contributed by atoms with Gasteiger partial charge in [-0.05, 0) is 24.6 Å². The molecule has 0 atom stereocenters. The van der Waals surface area contributed by atoms with Gasteiger partial charge in [0.25, 0.3) is 0 Å². The van der Waals surface area contributed by atoms with E-state index in [-0.39, 0.29) is 5.91 Å². The summed E-state index contributed by atoms with van der Waals surface area (Å²) in [4.78, 5) is 11.7. The molecule has 2 N–H and O–H groups in total. The maximum Gasteiger partial charge on any atom is 0.238 e. The predicted octanol–water partition coefficient (Wildman–Crippen LogP) is 1.42. The summed E-state index contributed by atoms with van der Waals surface area (Å²) in [6.45, 7) is 3.74. The molecule has 1 aromatic carbocycles. The van der Waals surface area contributed by atoms with Crippen LogP contribution in [0.5, 0.6) is 0 Å². The zero-order valence-corrected chi connectivity index (χ0v) is 11.0. The summed E-state index contributed by atoms with van der Waals surface area (Å²) in [5, 5.41) is 10.1. The highest BCUT2D eigenvalue weighted by Gasteiger charge is 2.03. The zero-order chi connectivity index (χ0) is 13.5. The molecule has 0 radical (unpaired) electrons. The van der Waals surface area contributed by atoms with Crippen molar-refractivity contribution in [3.05, 3.63) is 48.3 Å². The molecule has 1 amide bonds. The van der Waals surface area contributed by atoms with E-state index in [0.29, 0.717) is 13.1 Å². The molecule has 0 aliphatic carbocycles. The van der Waals surface area contributed by atoms with Crippen LogP contribution < -0.4 is 10.6 Å². The van der Waals surface area contributed by atoms with Crippen molar-refractivity contribution in [2.45, 2.75) is 13.5 Å². The Morgan fingerprint density at radius 2 is 2.16 bits per heavy atom. The predicted molar refractivity (Wildman–Crippen MR) is 74.9 cm³/mol. The van der Waals surface area contributed by atoms with E-state index in [0.717, 1.165) is 17.8 Å². The van der Waals surface area contributed by atoms with E-state index >= 15 is 0 Å². The molecule has 0 saturated heterocycles. The molecule has 0 unspecified atom stereocenters. The summed E-state index contributed by atoms with van der Waals surface area (Å²) in [6, 6.07) is 9.61. The number of benzene rings is 1. The Balaban J connectivity index is 1.69. The van der Waals surface area contributed by atoms with Crippen LogP contribution in [0.15, 0.2) is 42.7 Å². The van der Waals surface area contributed by atoms with E-state index in [4.69, 9.17) is 0 Å². The molecule has 1 heterocycles. The molecule has 19 heavy (non-hydrogen) atoms. The third-order valence-electron chi connectivity index (χ3n) is 2.78. The fraction of sp³-hybridized carbons (Fsp3) is 0.286. The van der Waals surface area contributed by atoms with Crippen LogP contribution in [0.4, 0.5) is 5.69 Å². The van der Waals surface area contributed by atoms with Crippen LogP contribution in [0.25, 0.3) is 0 Å². The third-order valence-corrected chi connectivity index (χ3v) is 2.78. The molecule has 0 aliphatic heterocycles. The van der Waals surface area contributed by atoms with Crippen LogP contribution in [-0.2, 0) is 11.3 Å². The average Bonchev–Trinajstić information content (AvgIpc) is 2.91. The van der Waals surface area contributed by atoms with Gasteiger partial charge in [-0.15, -0.1) is 0 Å². The maximum absolute atomic E-state index is 11.7. The van der Waals surface area contributed by atoms with Crippen molar-refractivity contribution in [2.75, 3.05) is 18.4 Å². The lowest BCUT2D eigenvalue weighted by Crippen LogP contribution is -2.30. The molecule has 1 aromatic heterocycles. The van der Waals surface area contributed by atoms with Crippen LogP contribution in [0.2, 0.25) is 0 Å². The van der Waals surface area contributed by atoms with Gasteiger partial charge in [0.05, 0.1) is 13.1 Å². The molecule has 2 rings (SSSR count). The molecule has 2 aromatic rings. The fourth-order valence-corrected chi connectivity index (χ4v) is 1.74. The van der Waals surface area contributed by atoms with Crippen LogP contribution in [-0.4, -0.2) is 28.8 Å². The summed E-state index contributed by atoms with van der Waals surface area (Å²) in [5.74, 6) is -0.0326. The van der Waals surface area contributed by atoms with Gasteiger partial charge >= 0.3 is 0 Å². The number of aromatic nitrogens is 2. The number of hydrogen-bond acceptors (Lipinski definition) is 3. The van der Waals surface area contributed by atoms with Crippen LogP contribution in [0.1, 0.15) is 5.56 Å². The van der Waals surface area contributed by atoms with E-state index in [1.54, 1.807) is 6.20 Å². The summed E-state index contributed by atoms with van der Waals surface area (Å²) < 4.78 is 1.83. The Bertz CT molecular complexity index is 522. The lowest BCUT2D eigenvalue weighted by atomic mass is 10.2. The Morgan fingerprint density at radius 1 is 1.32 bits per heavy atom. The third kappa shape index (κ3) is 4.22. The normalized spacial score (nSPS) is 10.4. The van der Waals surface area contributed by atoms with Gasteiger partial charge in [0.2, 0.25) is 5.91 Å².